The van der Waals surface area contributed by atoms with E-state index in [1.54, 1.807) is 0 Å². The van der Waals surface area contributed by atoms with Gasteiger partial charge in [-0.25, -0.2) is 0 Å². The Bertz CT molecular complexity index is 2420. The maximum Gasteiger partial charge on any atom is 0.144 e. The van der Waals surface area contributed by atoms with E-state index in [-0.39, 0.29) is 0 Å². The fourth-order valence-corrected chi connectivity index (χ4v) is 7.80. The predicted molar refractivity (Wildman–Crippen MR) is 184 cm³/mol. The van der Waals surface area contributed by atoms with Crippen molar-refractivity contribution in [2.75, 3.05) is 4.90 Å². The van der Waals surface area contributed by atoms with E-state index in [1.807, 2.05) is 11.3 Å². The van der Waals surface area contributed by atoms with Gasteiger partial charge in [-0.15, -0.1) is 11.3 Å². The zero-order valence-electron chi connectivity index (χ0n) is 23.2. The fraction of sp³-hybridized carbons (Fsp3) is 0. The standard InChI is InChI=1S/C40H25NOS/c1-3-13-26(14-4-1)41(27-15-5-2-6-16-27)35-24-23-29(28-17-7-8-18-30(28)35)33-25-34-31-19-10-12-22-37(31)43-40(34)38-32-20-9-11-21-36(32)42-39(33)38/h1-25H. The highest BCUT2D eigenvalue weighted by atomic mass is 32.1. The number of rotatable bonds is 4. The summed E-state index contributed by atoms with van der Waals surface area (Å²) in [5.41, 5.74) is 7.54. The van der Waals surface area contributed by atoms with Crippen LogP contribution < -0.4 is 4.90 Å². The third-order valence-electron chi connectivity index (χ3n) is 8.45. The second kappa shape index (κ2) is 9.59. The molecule has 0 saturated carbocycles. The lowest BCUT2D eigenvalue weighted by molar-refractivity contribution is 0.670. The minimum Gasteiger partial charge on any atom is -0.455 e. The van der Waals surface area contributed by atoms with Crippen LogP contribution in [0.4, 0.5) is 17.1 Å². The Morgan fingerprint density at radius 3 is 1.81 bits per heavy atom. The van der Waals surface area contributed by atoms with Crippen LogP contribution in [0, 0.1) is 0 Å². The highest BCUT2D eigenvalue weighted by molar-refractivity contribution is 7.26. The van der Waals surface area contributed by atoms with Gasteiger partial charge in [0.2, 0.25) is 0 Å². The molecule has 2 nitrogen and oxygen atoms in total. The molecule has 0 atom stereocenters. The van der Waals surface area contributed by atoms with Gasteiger partial charge >= 0.3 is 0 Å². The van der Waals surface area contributed by atoms with E-state index in [2.05, 4.69) is 157 Å². The number of nitrogens with zero attached hydrogens (tertiary/aromatic N) is 1. The Balaban J connectivity index is 1.37. The fourth-order valence-electron chi connectivity index (χ4n) is 6.56. The van der Waals surface area contributed by atoms with Crippen LogP contribution in [0.3, 0.4) is 0 Å². The third-order valence-corrected chi connectivity index (χ3v) is 9.65. The summed E-state index contributed by atoms with van der Waals surface area (Å²) in [5.74, 6) is 0. The van der Waals surface area contributed by atoms with E-state index in [4.69, 9.17) is 4.42 Å². The molecule has 43 heavy (non-hydrogen) atoms. The second-order valence-electron chi connectivity index (χ2n) is 10.9. The summed E-state index contributed by atoms with van der Waals surface area (Å²) >= 11 is 1.85. The number of hydrogen-bond acceptors (Lipinski definition) is 3. The topological polar surface area (TPSA) is 16.4 Å². The van der Waals surface area contributed by atoms with E-state index in [0.717, 1.165) is 39.2 Å². The molecule has 0 N–H and O–H groups in total. The second-order valence-corrected chi connectivity index (χ2v) is 11.9. The van der Waals surface area contributed by atoms with Gasteiger partial charge in [-0.1, -0.05) is 103 Å². The van der Waals surface area contributed by atoms with Crippen LogP contribution in [-0.2, 0) is 0 Å². The van der Waals surface area contributed by atoms with E-state index >= 15 is 0 Å². The average molecular weight is 568 g/mol. The molecule has 9 aromatic rings. The first kappa shape index (κ1) is 24.2. The first-order valence-corrected chi connectivity index (χ1v) is 15.3. The summed E-state index contributed by atoms with van der Waals surface area (Å²) in [6.07, 6.45) is 0. The van der Waals surface area contributed by atoms with E-state index in [9.17, 15) is 0 Å². The van der Waals surface area contributed by atoms with E-state index in [1.165, 1.54) is 41.9 Å². The molecule has 0 aliphatic carbocycles. The van der Waals surface area contributed by atoms with Gasteiger partial charge in [0.1, 0.15) is 11.2 Å². The van der Waals surface area contributed by atoms with Crippen molar-refractivity contribution in [3.63, 3.8) is 0 Å². The summed E-state index contributed by atoms with van der Waals surface area (Å²) in [6, 6.07) is 54.0. The average Bonchev–Trinajstić information content (AvgIpc) is 3.64. The first-order valence-electron chi connectivity index (χ1n) is 14.5. The van der Waals surface area contributed by atoms with Crippen LogP contribution in [0.15, 0.2) is 156 Å². The molecule has 0 aliphatic rings. The van der Waals surface area contributed by atoms with Gasteiger partial charge in [0.25, 0.3) is 0 Å². The van der Waals surface area contributed by atoms with E-state index < -0.39 is 0 Å². The number of para-hydroxylation sites is 3. The van der Waals surface area contributed by atoms with E-state index in [0.29, 0.717) is 0 Å². The highest BCUT2D eigenvalue weighted by Gasteiger charge is 2.22. The normalized spacial score (nSPS) is 11.7. The van der Waals surface area contributed by atoms with Gasteiger partial charge in [-0.3, -0.25) is 0 Å². The molecule has 0 aliphatic heterocycles. The number of anilines is 3. The van der Waals surface area contributed by atoms with Crippen molar-refractivity contribution < 1.29 is 4.42 Å². The van der Waals surface area contributed by atoms with Crippen molar-refractivity contribution in [1.82, 2.24) is 0 Å². The number of benzene rings is 7. The maximum atomic E-state index is 6.70. The molecule has 202 valence electrons. The number of hydrogen-bond donors (Lipinski definition) is 0. The summed E-state index contributed by atoms with van der Waals surface area (Å²) in [4.78, 5) is 2.35. The van der Waals surface area contributed by atoms with Crippen LogP contribution in [-0.4, -0.2) is 0 Å². The molecule has 0 unspecified atom stereocenters. The Morgan fingerprint density at radius 2 is 1.07 bits per heavy atom. The lowest BCUT2D eigenvalue weighted by Crippen LogP contribution is -2.10. The zero-order valence-corrected chi connectivity index (χ0v) is 24.0. The Labute approximate surface area is 252 Å². The van der Waals surface area contributed by atoms with Gasteiger partial charge in [0.05, 0.1) is 5.69 Å². The molecule has 9 rings (SSSR count). The van der Waals surface area contributed by atoms with Crippen LogP contribution in [0.25, 0.3) is 64.0 Å². The Hall–Kier alpha value is -5.38. The lowest BCUT2D eigenvalue weighted by Gasteiger charge is -2.27. The minimum absolute atomic E-state index is 0.920. The van der Waals surface area contributed by atoms with Crippen molar-refractivity contribution in [3.8, 4) is 11.1 Å². The van der Waals surface area contributed by atoms with Gasteiger partial charge in [-0.2, -0.15) is 0 Å². The summed E-state index contributed by atoms with van der Waals surface area (Å²) < 4.78 is 9.28. The van der Waals surface area contributed by atoms with Gasteiger partial charge < -0.3 is 9.32 Å². The zero-order chi connectivity index (χ0) is 28.3. The molecular formula is C40H25NOS. The van der Waals surface area contributed by atoms with Crippen molar-refractivity contribution in [1.29, 1.82) is 0 Å². The van der Waals surface area contributed by atoms with Crippen LogP contribution >= 0.6 is 11.3 Å². The molecule has 7 aromatic carbocycles. The largest absolute Gasteiger partial charge is 0.455 e. The Morgan fingerprint density at radius 1 is 0.465 bits per heavy atom. The summed E-state index contributed by atoms with van der Waals surface area (Å²) in [6.45, 7) is 0. The molecule has 0 fully saturated rings. The lowest BCUT2D eigenvalue weighted by atomic mass is 9.93. The van der Waals surface area contributed by atoms with Crippen molar-refractivity contribution in [3.05, 3.63) is 152 Å². The molecule has 3 heteroatoms. The number of furan rings is 1. The quantitative estimate of drug-likeness (QED) is 0.210. The monoisotopic (exact) mass is 567 g/mol. The molecule has 0 saturated heterocycles. The molecule has 2 heterocycles. The number of fused-ring (bicyclic) bond motifs is 8. The molecule has 0 bridgehead atoms. The van der Waals surface area contributed by atoms with Gasteiger partial charge in [0, 0.05) is 53.3 Å². The minimum atomic E-state index is 0.920. The molecule has 0 spiro atoms. The number of thiophene rings is 1. The maximum absolute atomic E-state index is 6.70. The van der Waals surface area contributed by atoms with Crippen molar-refractivity contribution >= 4 is 81.3 Å². The van der Waals surface area contributed by atoms with Crippen molar-refractivity contribution in [2.24, 2.45) is 0 Å². The van der Waals surface area contributed by atoms with Crippen LogP contribution in [0.1, 0.15) is 0 Å². The molecule has 0 radical (unpaired) electrons. The highest BCUT2D eigenvalue weighted by Crippen LogP contribution is 2.48. The Kier molecular flexibility index (Phi) is 5.40. The van der Waals surface area contributed by atoms with Gasteiger partial charge in [0.15, 0.2) is 0 Å². The van der Waals surface area contributed by atoms with Crippen LogP contribution in [0.5, 0.6) is 0 Å². The first-order chi connectivity index (χ1) is 21.3. The summed E-state index contributed by atoms with van der Waals surface area (Å²) in [5, 5.41) is 7.31. The van der Waals surface area contributed by atoms with Gasteiger partial charge in [-0.05, 0) is 59.5 Å². The smallest absolute Gasteiger partial charge is 0.144 e. The molecular weight excluding hydrogens is 543 g/mol. The van der Waals surface area contributed by atoms with Crippen LogP contribution in [0.2, 0.25) is 0 Å². The molecule has 0 amide bonds. The SMILES string of the molecule is c1ccc(N(c2ccccc2)c2ccc(-c3cc4c5ccccc5sc4c4c3oc3ccccc34)c3ccccc23)cc1. The molecule has 2 aromatic heterocycles. The predicted octanol–water partition coefficient (Wildman–Crippen LogP) is 12.2. The summed E-state index contributed by atoms with van der Waals surface area (Å²) in [7, 11) is 0. The third kappa shape index (κ3) is 3.72. The van der Waals surface area contributed by atoms with Crippen molar-refractivity contribution in [2.45, 2.75) is 0 Å².